The number of pyridine rings is 1. The molecule has 2 aromatic carbocycles. The van der Waals surface area contributed by atoms with Crippen molar-refractivity contribution in [2.24, 2.45) is 0 Å². The lowest BCUT2D eigenvalue weighted by molar-refractivity contribution is -0.137. The molecule has 4 aromatic rings. The summed E-state index contributed by atoms with van der Waals surface area (Å²) in [6.07, 6.45) is 3.08. The van der Waals surface area contributed by atoms with Crippen LogP contribution in [0, 0.1) is 0 Å². The molecule has 43 heavy (non-hydrogen) atoms. The fourth-order valence-corrected chi connectivity index (χ4v) is 4.41. The maximum absolute atomic E-state index is 13.0. The van der Waals surface area contributed by atoms with E-state index in [1.165, 1.54) is 0 Å². The molecule has 11 heteroatoms. The summed E-state index contributed by atoms with van der Waals surface area (Å²) >= 11 is 0. The molecule has 0 saturated carbocycles. The first-order valence-corrected chi connectivity index (χ1v) is 14.0. The summed E-state index contributed by atoms with van der Waals surface area (Å²) in [4.78, 5) is 30.0. The van der Waals surface area contributed by atoms with Crippen molar-refractivity contribution in [2.45, 2.75) is 51.9 Å². The van der Waals surface area contributed by atoms with E-state index in [0.717, 1.165) is 5.69 Å². The van der Waals surface area contributed by atoms with Crippen LogP contribution in [0.3, 0.4) is 0 Å². The van der Waals surface area contributed by atoms with Crippen LogP contribution in [0.15, 0.2) is 79.1 Å². The number of nitrogens with zero attached hydrogens (tertiary/aromatic N) is 3. The topological polar surface area (TPSA) is 129 Å². The standard InChI is InChI=1S/C32H36N6O5/c1-31(2,3)27-18-28(36-30(40)35-22-9-11-24(12-10-22)42-25-13-15-33-16-14-25)38(37-27)23-8-6-7-21(17-23)29(39)34-19-26-20-41-32(4,5)43-26/h6-18,26H,19-20H2,1-5H3,(H,34,39)(H2,35,36,40). The van der Waals surface area contributed by atoms with E-state index in [1.54, 1.807) is 71.7 Å². The van der Waals surface area contributed by atoms with Crippen LogP contribution in [0.2, 0.25) is 0 Å². The fraction of sp³-hybridized carbons (Fsp3) is 0.312. The zero-order valence-electron chi connectivity index (χ0n) is 24.9. The number of nitrogens with one attached hydrogen (secondary N) is 3. The summed E-state index contributed by atoms with van der Waals surface area (Å²) < 4.78 is 18.8. The van der Waals surface area contributed by atoms with E-state index in [0.29, 0.717) is 47.4 Å². The van der Waals surface area contributed by atoms with Gasteiger partial charge in [0.2, 0.25) is 0 Å². The van der Waals surface area contributed by atoms with Crippen LogP contribution in [0.25, 0.3) is 5.69 Å². The average Bonchev–Trinajstić information content (AvgIpc) is 3.56. The van der Waals surface area contributed by atoms with Crippen molar-refractivity contribution in [1.29, 1.82) is 0 Å². The molecule has 1 atom stereocenters. The Kier molecular flexibility index (Phi) is 8.47. The van der Waals surface area contributed by atoms with Crippen LogP contribution < -0.4 is 20.7 Å². The van der Waals surface area contributed by atoms with Crippen molar-refractivity contribution in [3.8, 4) is 17.2 Å². The van der Waals surface area contributed by atoms with Crippen LogP contribution in [0.1, 0.15) is 50.7 Å². The Morgan fingerprint density at radius 1 is 1.00 bits per heavy atom. The lowest BCUT2D eigenvalue weighted by Gasteiger charge is -2.17. The summed E-state index contributed by atoms with van der Waals surface area (Å²) in [5.41, 5.74) is 2.15. The molecule has 3 heterocycles. The highest BCUT2D eigenvalue weighted by molar-refractivity contribution is 5.99. The van der Waals surface area contributed by atoms with Crippen LogP contribution in [0.4, 0.5) is 16.3 Å². The van der Waals surface area contributed by atoms with E-state index in [1.807, 2.05) is 46.8 Å². The minimum atomic E-state index is -0.659. The molecule has 0 bridgehead atoms. The van der Waals surface area contributed by atoms with Gasteiger partial charge in [0, 0.05) is 41.7 Å². The predicted octanol–water partition coefficient (Wildman–Crippen LogP) is 5.88. The second kappa shape index (κ2) is 12.2. The molecule has 1 aliphatic rings. The van der Waals surface area contributed by atoms with Gasteiger partial charge in [-0.2, -0.15) is 5.10 Å². The van der Waals surface area contributed by atoms with Crippen molar-refractivity contribution < 1.29 is 23.8 Å². The van der Waals surface area contributed by atoms with Gasteiger partial charge in [-0.05, 0) is 68.4 Å². The number of urea groups is 1. The molecular formula is C32H36N6O5. The van der Waals surface area contributed by atoms with Crippen molar-refractivity contribution in [3.63, 3.8) is 0 Å². The zero-order valence-corrected chi connectivity index (χ0v) is 24.9. The maximum atomic E-state index is 13.0. The van der Waals surface area contributed by atoms with Gasteiger partial charge >= 0.3 is 6.03 Å². The Labute approximate surface area is 250 Å². The molecule has 11 nitrogen and oxygen atoms in total. The summed E-state index contributed by atoms with van der Waals surface area (Å²) in [5.74, 6) is 0.841. The van der Waals surface area contributed by atoms with Gasteiger partial charge in [0.25, 0.3) is 5.91 Å². The minimum Gasteiger partial charge on any atom is -0.457 e. The molecule has 1 saturated heterocycles. The van der Waals surface area contributed by atoms with E-state index < -0.39 is 11.8 Å². The fourth-order valence-electron chi connectivity index (χ4n) is 4.41. The lowest BCUT2D eigenvalue weighted by atomic mass is 9.92. The third-order valence-electron chi connectivity index (χ3n) is 6.63. The molecule has 224 valence electrons. The Balaban J connectivity index is 1.28. The number of hydrogen-bond acceptors (Lipinski definition) is 7. The highest BCUT2D eigenvalue weighted by Gasteiger charge is 2.32. The summed E-state index contributed by atoms with van der Waals surface area (Å²) in [7, 11) is 0. The third-order valence-corrected chi connectivity index (χ3v) is 6.63. The van der Waals surface area contributed by atoms with E-state index in [9.17, 15) is 9.59 Å². The Hall–Kier alpha value is -4.74. The lowest BCUT2D eigenvalue weighted by Crippen LogP contribution is -2.34. The predicted molar refractivity (Wildman–Crippen MR) is 163 cm³/mol. The van der Waals surface area contributed by atoms with Crippen LogP contribution in [-0.2, 0) is 14.9 Å². The molecular weight excluding hydrogens is 548 g/mol. The molecule has 2 aromatic heterocycles. The molecule has 3 amide bonds. The molecule has 0 aliphatic carbocycles. The van der Waals surface area contributed by atoms with Gasteiger partial charge in [-0.3, -0.25) is 15.1 Å². The number of hydrogen-bond donors (Lipinski definition) is 3. The van der Waals surface area contributed by atoms with Gasteiger partial charge in [0.05, 0.1) is 18.0 Å². The van der Waals surface area contributed by atoms with Crippen LogP contribution in [0.5, 0.6) is 11.5 Å². The number of amides is 3. The second-order valence-electron chi connectivity index (χ2n) is 11.7. The zero-order chi connectivity index (χ0) is 30.6. The number of benzene rings is 2. The average molecular weight is 585 g/mol. The van der Waals surface area contributed by atoms with Crippen molar-refractivity contribution in [1.82, 2.24) is 20.1 Å². The highest BCUT2D eigenvalue weighted by atomic mass is 16.7. The molecule has 5 rings (SSSR count). The van der Waals surface area contributed by atoms with Crippen molar-refractivity contribution in [3.05, 3.63) is 90.4 Å². The van der Waals surface area contributed by atoms with E-state index >= 15 is 0 Å². The molecule has 1 unspecified atom stereocenters. The van der Waals surface area contributed by atoms with Gasteiger partial charge in [0.1, 0.15) is 23.4 Å². The van der Waals surface area contributed by atoms with Crippen molar-refractivity contribution in [2.75, 3.05) is 23.8 Å². The largest absolute Gasteiger partial charge is 0.457 e. The van der Waals surface area contributed by atoms with Gasteiger partial charge in [-0.1, -0.05) is 26.8 Å². The molecule has 0 spiro atoms. The number of rotatable bonds is 8. The number of anilines is 2. The van der Waals surface area contributed by atoms with Gasteiger partial charge < -0.3 is 24.8 Å². The number of ether oxygens (including phenoxy) is 3. The number of carbonyl (C=O) groups excluding carboxylic acids is 2. The van der Waals surface area contributed by atoms with E-state index in [4.69, 9.17) is 19.3 Å². The second-order valence-corrected chi connectivity index (χ2v) is 11.7. The summed E-state index contributed by atoms with van der Waals surface area (Å²) in [6.45, 7) is 10.5. The monoisotopic (exact) mass is 584 g/mol. The Bertz CT molecular complexity index is 1580. The van der Waals surface area contributed by atoms with Crippen LogP contribution in [-0.4, -0.2) is 51.7 Å². The van der Waals surface area contributed by atoms with Gasteiger partial charge in [-0.15, -0.1) is 0 Å². The molecule has 1 fully saturated rings. The van der Waals surface area contributed by atoms with Gasteiger partial charge in [0.15, 0.2) is 5.79 Å². The third kappa shape index (κ3) is 7.76. The maximum Gasteiger partial charge on any atom is 0.324 e. The number of aromatic nitrogens is 3. The first-order valence-electron chi connectivity index (χ1n) is 14.0. The molecule has 1 aliphatic heterocycles. The Morgan fingerprint density at radius 2 is 1.72 bits per heavy atom. The quantitative estimate of drug-likeness (QED) is 0.236. The normalized spacial score (nSPS) is 16.0. The summed E-state index contributed by atoms with van der Waals surface area (Å²) in [5, 5.41) is 13.4. The van der Waals surface area contributed by atoms with E-state index in [2.05, 4.69) is 20.9 Å². The van der Waals surface area contributed by atoms with Gasteiger partial charge in [-0.25, -0.2) is 9.48 Å². The number of carbonyl (C=O) groups is 2. The van der Waals surface area contributed by atoms with E-state index in [-0.39, 0.29) is 17.4 Å². The minimum absolute atomic E-state index is 0.220. The SMILES string of the molecule is CC1(C)OCC(CNC(=O)c2cccc(-n3nc(C(C)(C)C)cc3NC(=O)Nc3ccc(Oc4ccncc4)cc3)c2)O1. The smallest absolute Gasteiger partial charge is 0.324 e. The molecule has 0 radical (unpaired) electrons. The first kappa shape index (κ1) is 29.7. The van der Waals surface area contributed by atoms with Crippen LogP contribution >= 0.6 is 0 Å². The first-order chi connectivity index (χ1) is 20.4. The van der Waals surface area contributed by atoms with Crippen molar-refractivity contribution >= 4 is 23.4 Å². The highest BCUT2D eigenvalue weighted by Crippen LogP contribution is 2.28. The summed E-state index contributed by atoms with van der Waals surface area (Å²) in [6, 6.07) is 19.0. The molecule has 3 N–H and O–H groups in total. The Morgan fingerprint density at radius 3 is 2.40 bits per heavy atom.